The van der Waals surface area contributed by atoms with Crippen molar-refractivity contribution in [3.8, 4) is 5.69 Å². The molecule has 0 aliphatic carbocycles. The van der Waals surface area contributed by atoms with Gasteiger partial charge in [0.05, 0.1) is 11.4 Å². The summed E-state index contributed by atoms with van der Waals surface area (Å²) in [6.45, 7) is 5.92. The molecule has 0 fully saturated rings. The van der Waals surface area contributed by atoms with E-state index < -0.39 is 0 Å². The summed E-state index contributed by atoms with van der Waals surface area (Å²) in [5, 5.41) is 7.73. The first kappa shape index (κ1) is 17.8. The molecule has 0 bridgehead atoms. The Hall–Kier alpha value is -2.60. The highest BCUT2D eigenvalue weighted by Crippen LogP contribution is 2.36. The van der Waals surface area contributed by atoms with Crippen molar-refractivity contribution >= 4 is 23.5 Å². The van der Waals surface area contributed by atoms with Crippen LogP contribution in [0.2, 0.25) is 0 Å². The van der Waals surface area contributed by atoms with Gasteiger partial charge in [-0.15, -0.1) is 0 Å². The third kappa shape index (κ3) is 3.25. The number of rotatable bonds is 3. The van der Waals surface area contributed by atoms with Crippen molar-refractivity contribution in [2.24, 2.45) is 0 Å². The van der Waals surface area contributed by atoms with Crippen LogP contribution < -0.4 is 5.32 Å². The zero-order valence-corrected chi connectivity index (χ0v) is 16.3. The molecule has 1 N–H and O–H groups in total. The van der Waals surface area contributed by atoms with Crippen molar-refractivity contribution in [1.82, 2.24) is 9.78 Å². The van der Waals surface area contributed by atoms with Gasteiger partial charge in [0, 0.05) is 22.6 Å². The second-order valence-electron chi connectivity index (χ2n) is 6.88. The first-order valence-electron chi connectivity index (χ1n) is 8.77. The van der Waals surface area contributed by atoms with Crippen molar-refractivity contribution < 1.29 is 9.18 Å². The topological polar surface area (TPSA) is 46.9 Å². The molecule has 2 aromatic carbocycles. The standard InChI is InChI=1S/C21H20FN3OS/c1-12-8-13(2)19(14(3)9-12)21(26)23-20-17-10-27-11-18(17)24-25(20)16-6-4-15(22)5-7-16/h4-9H,10-11H2,1-3H3,(H,23,26). The second-order valence-corrected chi connectivity index (χ2v) is 7.87. The minimum absolute atomic E-state index is 0.145. The Balaban J connectivity index is 1.76. The highest BCUT2D eigenvalue weighted by molar-refractivity contribution is 7.98. The Morgan fingerprint density at radius 1 is 1.11 bits per heavy atom. The van der Waals surface area contributed by atoms with Crippen LogP contribution in [0.25, 0.3) is 5.69 Å². The molecule has 4 nitrogen and oxygen atoms in total. The molecule has 1 aliphatic rings. The SMILES string of the molecule is Cc1cc(C)c(C(=O)Nc2c3c(nn2-c2ccc(F)cc2)CSC3)c(C)c1. The Kier molecular flexibility index (Phi) is 4.52. The molecular weight excluding hydrogens is 361 g/mol. The molecule has 0 unspecified atom stereocenters. The molecular formula is C21H20FN3OS. The summed E-state index contributed by atoms with van der Waals surface area (Å²) in [4.78, 5) is 13.1. The Labute approximate surface area is 161 Å². The summed E-state index contributed by atoms with van der Waals surface area (Å²) in [6.07, 6.45) is 0. The Morgan fingerprint density at radius 2 is 1.78 bits per heavy atom. The fourth-order valence-corrected chi connectivity index (χ4v) is 4.65. The highest BCUT2D eigenvalue weighted by Gasteiger charge is 2.25. The zero-order chi connectivity index (χ0) is 19.1. The number of hydrogen-bond donors (Lipinski definition) is 1. The minimum atomic E-state index is -0.300. The number of anilines is 1. The van der Waals surface area contributed by atoms with Crippen LogP contribution in [-0.4, -0.2) is 15.7 Å². The molecule has 0 radical (unpaired) electrons. The van der Waals surface area contributed by atoms with Gasteiger partial charge in [-0.25, -0.2) is 9.07 Å². The van der Waals surface area contributed by atoms with Crippen molar-refractivity contribution in [2.75, 3.05) is 5.32 Å². The van der Waals surface area contributed by atoms with Crippen LogP contribution in [0.4, 0.5) is 10.2 Å². The third-order valence-electron chi connectivity index (χ3n) is 4.76. The van der Waals surface area contributed by atoms with Crippen LogP contribution in [0.15, 0.2) is 36.4 Å². The fraction of sp³-hybridized carbons (Fsp3) is 0.238. The van der Waals surface area contributed by atoms with Gasteiger partial charge in [-0.1, -0.05) is 17.7 Å². The van der Waals surface area contributed by atoms with Crippen LogP contribution >= 0.6 is 11.8 Å². The molecule has 1 aromatic heterocycles. The van der Waals surface area contributed by atoms with E-state index in [9.17, 15) is 9.18 Å². The van der Waals surface area contributed by atoms with E-state index in [1.807, 2.05) is 32.9 Å². The molecule has 2 heterocycles. The second kappa shape index (κ2) is 6.85. The quantitative estimate of drug-likeness (QED) is 0.699. The van der Waals surface area contributed by atoms with Gasteiger partial charge < -0.3 is 5.32 Å². The van der Waals surface area contributed by atoms with Gasteiger partial charge >= 0.3 is 0 Å². The largest absolute Gasteiger partial charge is 0.306 e. The summed E-state index contributed by atoms with van der Waals surface area (Å²) in [5.74, 6) is 1.84. The third-order valence-corrected chi connectivity index (χ3v) is 5.73. The number of benzene rings is 2. The number of amides is 1. The van der Waals surface area contributed by atoms with Crippen molar-refractivity contribution in [1.29, 1.82) is 0 Å². The molecule has 0 spiro atoms. The number of nitrogens with zero attached hydrogens (tertiary/aromatic N) is 2. The van der Waals surface area contributed by atoms with E-state index in [2.05, 4.69) is 10.4 Å². The van der Waals surface area contributed by atoms with E-state index in [4.69, 9.17) is 0 Å². The molecule has 27 heavy (non-hydrogen) atoms. The summed E-state index contributed by atoms with van der Waals surface area (Å²) in [6, 6.07) is 10.2. The number of aromatic nitrogens is 2. The molecule has 1 amide bonds. The van der Waals surface area contributed by atoms with Gasteiger partial charge in [-0.05, 0) is 56.2 Å². The number of aryl methyl sites for hydroxylation is 3. The van der Waals surface area contributed by atoms with Gasteiger partial charge in [0.1, 0.15) is 11.6 Å². The zero-order valence-electron chi connectivity index (χ0n) is 15.5. The van der Waals surface area contributed by atoms with Crippen molar-refractivity contribution in [3.05, 3.63) is 75.7 Å². The van der Waals surface area contributed by atoms with E-state index in [1.165, 1.54) is 12.1 Å². The van der Waals surface area contributed by atoms with E-state index in [0.717, 1.165) is 45.1 Å². The van der Waals surface area contributed by atoms with Gasteiger partial charge in [-0.2, -0.15) is 16.9 Å². The van der Waals surface area contributed by atoms with Crippen LogP contribution in [-0.2, 0) is 11.5 Å². The first-order valence-corrected chi connectivity index (χ1v) is 9.93. The van der Waals surface area contributed by atoms with Crippen LogP contribution in [0.1, 0.15) is 38.3 Å². The smallest absolute Gasteiger partial charge is 0.257 e. The van der Waals surface area contributed by atoms with Gasteiger partial charge in [0.2, 0.25) is 0 Å². The number of fused-ring (bicyclic) bond motifs is 1. The lowest BCUT2D eigenvalue weighted by Crippen LogP contribution is -2.18. The summed E-state index contributed by atoms with van der Waals surface area (Å²) >= 11 is 1.77. The fourth-order valence-electron chi connectivity index (χ4n) is 3.62. The lowest BCUT2D eigenvalue weighted by atomic mass is 9.99. The maximum atomic E-state index is 13.3. The van der Waals surface area contributed by atoms with E-state index in [0.29, 0.717) is 11.4 Å². The monoisotopic (exact) mass is 381 g/mol. The van der Waals surface area contributed by atoms with E-state index >= 15 is 0 Å². The normalized spacial score (nSPS) is 12.9. The van der Waals surface area contributed by atoms with Crippen LogP contribution in [0.3, 0.4) is 0 Å². The lowest BCUT2D eigenvalue weighted by molar-refractivity contribution is 0.102. The van der Waals surface area contributed by atoms with Gasteiger partial charge in [-0.3, -0.25) is 4.79 Å². The Morgan fingerprint density at radius 3 is 2.44 bits per heavy atom. The number of nitrogens with one attached hydrogen (secondary N) is 1. The van der Waals surface area contributed by atoms with E-state index in [-0.39, 0.29) is 11.7 Å². The van der Waals surface area contributed by atoms with Crippen LogP contribution in [0.5, 0.6) is 0 Å². The predicted octanol–water partition coefficient (Wildman–Crippen LogP) is 4.94. The molecule has 0 saturated heterocycles. The number of carbonyl (C=O) groups excluding carboxylic acids is 1. The minimum Gasteiger partial charge on any atom is -0.306 e. The average molecular weight is 381 g/mol. The Bertz CT molecular complexity index is 1020. The molecule has 3 aromatic rings. The molecule has 6 heteroatoms. The van der Waals surface area contributed by atoms with Gasteiger partial charge in [0.15, 0.2) is 0 Å². The van der Waals surface area contributed by atoms with Crippen LogP contribution in [0, 0.1) is 26.6 Å². The molecule has 4 rings (SSSR count). The summed E-state index contributed by atoms with van der Waals surface area (Å²) in [7, 11) is 0. The first-order chi connectivity index (χ1) is 12.9. The number of halogens is 1. The van der Waals surface area contributed by atoms with Crippen molar-refractivity contribution in [2.45, 2.75) is 32.3 Å². The molecule has 0 saturated carbocycles. The predicted molar refractivity (Wildman–Crippen MR) is 107 cm³/mol. The molecule has 0 atom stereocenters. The van der Waals surface area contributed by atoms with Gasteiger partial charge in [0.25, 0.3) is 5.91 Å². The number of thioether (sulfide) groups is 1. The molecule has 1 aliphatic heterocycles. The maximum Gasteiger partial charge on any atom is 0.257 e. The summed E-state index contributed by atoms with van der Waals surface area (Å²) < 4.78 is 15.0. The number of hydrogen-bond acceptors (Lipinski definition) is 3. The summed E-state index contributed by atoms with van der Waals surface area (Å²) in [5.41, 5.74) is 6.45. The van der Waals surface area contributed by atoms with Crippen molar-refractivity contribution in [3.63, 3.8) is 0 Å². The number of carbonyl (C=O) groups is 1. The lowest BCUT2D eigenvalue weighted by Gasteiger charge is -2.14. The molecule has 138 valence electrons. The highest BCUT2D eigenvalue weighted by atomic mass is 32.2. The maximum absolute atomic E-state index is 13.3. The average Bonchev–Trinajstić information content (AvgIpc) is 3.17. The van der Waals surface area contributed by atoms with E-state index in [1.54, 1.807) is 28.6 Å².